The Morgan fingerprint density at radius 1 is 0.839 bits per heavy atom. The molecule has 1 aromatic rings. The normalized spacial score (nSPS) is 37.5. The molecule has 5 amide bonds. The van der Waals surface area contributed by atoms with E-state index in [9.17, 15) is 28.8 Å². The zero-order valence-corrected chi connectivity index (χ0v) is 16.7. The van der Waals surface area contributed by atoms with Gasteiger partial charge < -0.3 is 5.32 Å². The number of Topliss-reactive ketones (excluding diaryl/α,β-unsaturated/α-hetero) is 1. The molecule has 9 nitrogen and oxygen atoms in total. The highest BCUT2D eigenvalue weighted by Gasteiger charge is 2.78. The van der Waals surface area contributed by atoms with Crippen molar-refractivity contribution in [3.05, 3.63) is 47.5 Å². The molecule has 4 unspecified atom stereocenters. The number of carbonyl (C=O) groups excluding carboxylic acids is 6. The molecule has 31 heavy (non-hydrogen) atoms. The Bertz CT molecular complexity index is 1100. The molecule has 2 aliphatic heterocycles. The van der Waals surface area contributed by atoms with Gasteiger partial charge in [0.25, 0.3) is 5.91 Å². The third-order valence-electron chi connectivity index (χ3n) is 7.32. The van der Waals surface area contributed by atoms with Crippen molar-refractivity contribution in [1.82, 2.24) is 16.0 Å². The van der Waals surface area contributed by atoms with Crippen molar-refractivity contribution in [3.8, 4) is 0 Å². The van der Waals surface area contributed by atoms with E-state index in [1.165, 1.54) is 13.0 Å². The maximum Gasteiger partial charge on any atom is 0.252 e. The van der Waals surface area contributed by atoms with Gasteiger partial charge in [0.1, 0.15) is 0 Å². The molecule has 0 aromatic heterocycles. The van der Waals surface area contributed by atoms with Crippen LogP contribution in [-0.2, 0) is 24.0 Å². The van der Waals surface area contributed by atoms with E-state index in [1.54, 1.807) is 37.3 Å². The Labute approximate surface area is 176 Å². The molecular weight excluding hydrogens is 402 g/mol. The minimum Gasteiger partial charge on any atom is -0.341 e. The smallest absolute Gasteiger partial charge is 0.252 e. The van der Waals surface area contributed by atoms with Crippen LogP contribution in [0.15, 0.2) is 42.0 Å². The fourth-order valence-electron chi connectivity index (χ4n) is 6.21. The summed E-state index contributed by atoms with van der Waals surface area (Å²) in [6, 6.07) is 8.17. The molecule has 158 valence electrons. The summed E-state index contributed by atoms with van der Waals surface area (Å²) in [6.07, 6.45) is 1.44. The molecule has 3 fully saturated rings. The van der Waals surface area contributed by atoms with Gasteiger partial charge in [-0.2, -0.15) is 0 Å². The average molecular weight is 421 g/mol. The first-order valence-electron chi connectivity index (χ1n) is 9.94. The van der Waals surface area contributed by atoms with Gasteiger partial charge in [-0.1, -0.05) is 31.2 Å². The monoisotopic (exact) mass is 421 g/mol. The third-order valence-corrected chi connectivity index (χ3v) is 7.32. The number of hydrogen-bond acceptors (Lipinski definition) is 6. The van der Waals surface area contributed by atoms with Crippen LogP contribution in [0.4, 0.5) is 0 Å². The van der Waals surface area contributed by atoms with Crippen molar-refractivity contribution in [2.24, 2.45) is 29.1 Å². The average Bonchev–Trinajstić information content (AvgIpc) is 3.21. The number of nitrogens with one attached hydrogen (secondary N) is 3. The number of ketones is 1. The summed E-state index contributed by atoms with van der Waals surface area (Å²) in [7, 11) is 0. The predicted octanol–water partition coefficient (Wildman–Crippen LogP) is -0.518. The van der Waals surface area contributed by atoms with Gasteiger partial charge in [-0.15, -0.1) is 0 Å². The zero-order chi connectivity index (χ0) is 22.3. The van der Waals surface area contributed by atoms with E-state index in [1.807, 2.05) is 0 Å². The lowest BCUT2D eigenvalue weighted by Crippen LogP contribution is -2.73. The fourth-order valence-corrected chi connectivity index (χ4v) is 6.21. The molecule has 0 spiro atoms. The van der Waals surface area contributed by atoms with Crippen molar-refractivity contribution < 1.29 is 28.8 Å². The molecule has 9 heteroatoms. The Balaban J connectivity index is 1.78. The predicted molar refractivity (Wildman–Crippen MR) is 104 cm³/mol. The van der Waals surface area contributed by atoms with Gasteiger partial charge in [-0.05, 0) is 19.1 Å². The molecule has 3 aliphatic carbocycles. The first-order chi connectivity index (χ1) is 14.6. The van der Waals surface area contributed by atoms with E-state index in [2.05, 4.69) is 16.0 Å². The van der Waals surface area contributed by atoms with Crippen molar-refractivity contribution in [2.45, 2.75) is 19.4 Å². The Morgan fingerprint density at radius 2 is 1.32 bits per heavy atom. The van der Waals surface area contributed by atoms with Crippen molar-refractivity contribution >= 4 is 35.3 Å². The van der Waals surface area contributed by atoms with Crippen LogP contribution in [0.3, 0.4) is 0 Å². The van der Waals surface area contributed by atoms with E-state index < -0.39 is 69.9 Å². The number of rotatable bonds is 3. The summed E-state index contributed by atoms with van der Waals surface area (Å²) < 4.78 is 0. The number of benzene rings is 1. The molecule has 2 saturated heterocycles. The van der Waals surface area contributed by atoms with Gasteiger partial charge >= 0.3 is 0 Å². The van der Waals surface area contributed by atoms with E-state index in [0.717, 1.165) is 0 Å². The van der Waals surface area contributed by atoms with E-state index in [0.29, 0.717) is 0 Å². The molecule has 1 saturated carbocycles. The molecule has 4 atom stereocenters. The van der Waals surface area contributed by atoms with E-state index in [-0.39, 0.29) is 11.1 Å². The lowest BCUT2D eigenvalue weighted by molar-refractivity contribution is -0.152. The molecule has 0 radical (unpaired) electrons. The first kappa shape index (κ1) is 19.3. The van der Waals surface area contributed by atoms with Gasteiger partial charge in [-0.25, -0.2) is 0 Å². The van der Waals surface area contributed by atoms with Gasteiger partial charge in [0.2, 0.25) is 23.6 Å². The van der Waals surface area contributed by atoms with Crippen LogP contribution in [-0.4, -0.2) is 40.9 Å². The Morgan fingerprint density at radius 3 is 1.81 bits per heavy atom. The third kappa shape index (κ3) is 2.20. The molecule has 5 aliphatic rings. The zero-order valence-electron chi connectivity index (χ0n) is 16.7. The summed E-state index contributed by atoms with van der Waals surface area (Å²) in [4.78, 5) is 77.3. The van der Waals surface area contributed by atoms with Gasteiger partial charge in [0.05, 0.1) is 29.2 Å². The lowest BCUT2D eigenvalue weighted by atomic mass is 9.41. The molecular formula is C22H19N3O6. The highest BCUT2D eigenvalue weighted by atomic mass is 16.2. The second kappa shape index (κ2) is 5.96. The lowest BCUT2D eigenvalue weighted by Gasteiger charge is -2.60. The van der Waals surface area contributed by atoms with Crippen LogP contribution in [0, 0.1) is 29.1 Å². The summed E-state index contributed by atoms with van der Waals surface area (Å²) >= 11 is 0. The SMILES string of the molecule is CC(=O)C1=CC2(NC(=O)c3ccccc3)C3C(=O)NC(=O)C3C1(C)C1C(=O)NC(=O)C12. The summed E-state index contributed by atoms with van der Waals surface area (Å²) in [6.45, 7) is 2.88. The molecule has 2 bridgehead atoms. The second-order valence-corrected chi connectivity index (χ2v) is 8.77. The van der Waals surface area contributed by atoms with Gasteiger partial charge in [-0.3, -0.25) is 39.4 Å². The fraction of sp³-hybridized carbons (Fsp3) is 0.364. The van der Waals surface area contributed by atoms with Gasteiger partial charge in [0, 0.05) is 16.6 Å². The van der Waals surface area contributed by atoms with Crippen molar-refractivity contribution in [2.75, 3.05) is 0 Å². The van der Waals surface area contributed by atoms with Crippen LogP contribution < -0.4 is 16.0 Å². The molecule has 6 rings (SSSR count). The minimum absolute atomic E-state index is 0.165. The van der Waals surface area contributed by atoms with Crippen LogP contribution in [0.2, 0.25) is 0 Å². The largest absolute Gasteiger partial charge is 0.341 e. The van der Waals surface area contributed by atoms with Crippen molar-refractivity contribution in [3.63, 3.8) is 0 Å². The van der Waals surface area contributed by atoms with Crippen molar-refractivity contribution in [1.29, 1.82) is 0 Å². The topological polar surface area (TPSA) is 139 Å². The summed E-state index contributed by atoms with van der Waals surface area (Å²) in [5.41, 5.74) is -2.62. The van der Waals surface area contributed by atoms with E-state index in [4.69, 9.17) is 0 Å². The minimum atomic E-state index is -1.70. The van der Waals surface area contributed by atoms with Crippen LogP contribution >= 0.6 is 0 Å². The highest BCUT2D eigenvalue weighted by molar-refractivity contribution is 6.15. The van der Waals surface area contributed by atoms with Crippen LogP contribution in [0.25, 0.3) is 0 Å². The second-order valence-electron chi connectivity index (χ2n) is 8.77. The maximum absolute atomic E-state index is 13.1. The number of hydrogen-bond donors (Lipinski definition) is 3. The molecule has 3 N–H and O–H groups in total. The Hall–Kier alpha value is -3.62. The van der Waals surface area contributed by atoms with Crippen LogP contribution in [0.5, 0.6) is 0 Å². The number of amides is 5. The number of imide groups is 2. The maximum atomic E-state index is 13.1. The molecule has 1 aromatic carbocycles. The molecule has 2 heterocycles. The van der Waals surface area contributed by atoms with Crippen LogP contribution in [0.1, 0.15) is 24.2 Å². The number of carbonyl (C=O) groups is 6. The standard InChI is InChI=1S/C22H19N3O6/c1-9(26)11-8-22(25-16(27)10-6-4-3-5-7-10)14-12(17(28)23-19(14)30)21(11,2)13-15(22)20(31)24-18(13)29/h3-8,12-15H,1-2H3,(H,25,27)(H,23,28,30)(H,24,29,31). The van der Waals surface area contributed by atoms with E-state index >= 15 is 0 Å². The quantitative estimate of drug-likeness (QED) is 0.562. The van der Waals surface area contributed by atoms with Gasteiger partial charge in [0.15, 0.2) is 5.78 Å². The first-order valence-corrected chi connectivity index (χ1v) is 9.94. The summed E-state index contributed by atoms with van der Waals surface area (Å²) in [5.74, 6) is -7.88. The number of allylic oxidation sites excluding steroid dienone is 1. The summed E-state index contributed by atoms with van der Waals surface area (Å²) in [5, 5.41) is 7.36. The Kier molecular flexibility index (Phi) is 3.72. The highest BCUT2D eigenvalue weighted by Crippen LogP contribution is 2.65.